The quantitative estimate of drug-likeness (QED) is 0.828. The third-order valence-electron chi connectivity index (χ3n) is 2.43. The van der Waals surface area contributed by atoms with Gasteiger partial charge in [0.25, 0.3) is 0 Å². The Morgan fingerprint density at radius 2 is 1.89 bits per heavy atom. The summed E-state index contributed by atoms with van der Waals surface area (Å²) in [5, 5.41) is 5.24. The largest absolute Gasteiger partial charge is 0.324 e. The lowest BCUT2D eigenvalue weighted by atomic mass is 10.1. The van der Waals surface area contributed by atoms with E-state index in [4.69, 9.17) is 0 Å². The number of rotatable bonds is 3. The van der Waals surface area contributed by atoms with E-state index in [0.717, 1.165) is 0 Å². The Kier molecular flexibility index (Phi) is 3.87. The van der Waals surface area contributed by atoms with Crippen molar-refractivity contribution in [3.05, 3.63) is 54.2 Å². The monoisotopic (exact) mass is 255 g/mol. The smallest absolute Gasteiger partial charge is 0.308 e. The minimum absolute atomic E-state index is 0.0474. The van der Waals surface area contributed by atoms with E-state index in [2.05, 4.69) is 15.6 Å². The number of carbonyl (C=O) groups is 2. The lowest BCUT2D eigenvalue weighted by molar-refractivity contribution is 0.101. The van der Waals surface area contributed by atoms with Crippen molar-refractivity contribution in [2.75, 3.05) is 10.6 Å². The summed E-state index contributed by atoms with van der Waals surface area (Å²) < 4.78 is 0. The molecule has 0 aliphatic heterocycles. The number of nitrogens with zero attached hydrogens (tertiary/aromatic N) is 1. The molecule has 1 aromatic carbocycles. The van der Waals surface area contributed by atoms with Crippen LogP contribution in [0, 0.1) is 0 Å². The summed E-state index contributed by atoms with van der Waals surface area (Å²) in [6, 6.07) is 11.6. The molecular formula is C14H13N3O2. The number of anilines is 2. The molecule has 0 aliphatic carbocycles. The van der Waals surface area contributed by atoms with E-state index in [9.17, 15) is 9.59 Å². The molecule has 1 heterocycles. The number of hydrogen-bond donors (Lipinski definition) is 2. The maximum absolute atomic E-state index is 11.7. The van der Waals surface area contributed by atoms with Gasteiger partial charge >= 0.3 is 6.03 Å². The molecule has 0 saturated carbocycles. The van der Waals surface area contributed by atoms with Gasteiger partial charge in [-0.2, -0.15) is 0 Å². The van der Waals surface area contributed by atoms with Crippen LogP contribution in [0.4, 0.5) is 16.3 Å². The molecule has 19 heavy (non-hydrogen) atoms. The minimum Gasteiger partial charge on any atom is -0.308 e. The molecule has 2 rings (SSSR count). The Hall–Kier alpha value is -2.69. The Labute approximate surface area is 110 Å². The maximum Gasteiger partial charge on any atom is 0.324 e. The first-order valence-corrected chi connectivity index (χ1v) is 5.75. The van der Waals surface area contributed by atoms with Crippen LogP contribution < -0.4 is 10.6 Å². The number of pyridine rings is 1. The first kappa shape index (κ1) is 12.8. The number of Topliss-reactive ketones (excluding diaryl/α,β-unsaturated/α-hetero) is 1. The Balaban J connectivity index is 2.03. The molecule has 2 aromatic rings. The highest BCUT2D eigenvalue weighted by atomic mass is 16.2. The zero-order chi connectivity index (χ0) is 13.7. The minimum atomic E-state index is -0.403. The third kappa shape index (κ3) is 3.64. The zero-order valence-corrected chi connectivity index (χ0v) is 10.4. The number of aromatic nitrogens is 1. The second-order valence-corrected chi connectivity index (χ2v) is 3.93. The molecule has 96 valence electrons. The molecule has 2 N–H and O–H groups in total. The predicted molar refractivity (Wildman–Crippen MR) is 73.3 cm³/mol. The number of nitrogens with one attached hydrogen (secondary N) is 2. The van der Waals surface area contributed by atoms with Crippen molar-refractivity contribution in [3.8, 4) is 0 Å². The Bertz CT molecular complexity index is 597. The number of amides is 2. The number of hydrogen-bond acceptors (Lipinski definition) is 3. The van der Waals surface area contributed by atoms with Gasteiger partial charge in [0.1, 0.15) is 5.82 Å². The topological polar surface area (TPSA) is 71.1 Å². The van der Waals surface area contributed by atoms with Gasteiger partial charge in [0, 0.05) is 17.4 Å². The first-order valence-electron chi connectivity index (χ1n) is 5.75. The number of carbonyl (C=O) groups excluding carboxylic acids is 2. The highest BCUT2D eigenvalue weighted by Gasteiger charge is 2.05. The summed E-state index contributed by atoms with van der Waals surface area (Å²) >= 11 is 0. The fraction of sp³-hybridized carbons (Fsp3) is 0.0714. The molecular weight excluding hydrogens is 242 g/mol. The van der Waals surface area contributed by atoms with Crippen molar-refractivity contribution in [1.82, 2.24) is 4.98 Å². The van der Waals surface area contributed by atoms with Crippen LogP contribution in [0.3, 0.4) is 0 Å². The van der Waals surface area contributed by atoms with Crippen molar-refractivity contribution >= 4 is 23.3 Å². The molecule has 1 aromatic heterocycles. The van der Waals surface area contributed by atoms with E-state index in [-0.39, 0.29) is 5.78 Å². The van der Waals surface area contributed by atoms with Gasteiger partial charge in [0.2, 0.25) is 0 Å². The van der Waals surface area contributed by atoms with Gasteiger partial charge < -0.3 is 5.32 Å². The molecule has 0 bridgehead atoms. The molecule has 5 nitrogen and oxygen atoms in total. The molecule has 5 heteroatoms. The van der Waals surface area contributed by atoms with Crippen LogP contribution in [0.5, 0.6) is 0 Å². The van der Waals surface area contributed by atoms with Gasteiger partial charge in [-0.1, -0.05) is 18.2 Å². The SMILES string of the molecule is CC(=O)c1cccc(NC(=O)Nc2ccccn2)c1. The average molecular weight is 255 g/mol. The molecule has 0 unspecified atom stereocenters. The number of benzene rings is 1. The van der Waals surface area contributed by atoms with Gasteiger partial charge in [-0.25, -0.2) is 9.78 Å². The normalized spacial score (nSPS) is 9.74. The Morgan fingerprint density at radius 1 is 1.05 bits per heavy atom. The summed E-state index contributed by atoms with van der Waals surface area (Å²) in [4.78, 5) is 26.9. The fourth-order valence-corrected chi connectivity index (χ4v) is 1.53. The summed E-state index contributed by atoms with van der Waals surface area (Å²) in [5.74, 6) is 0.413. The van der Waals surface area contributed by atoms with E-state index in [1.54, 1.807) is 48.7 Å². The second-order valence-electron chi connectivity index (χ2n) is 3.93. The molecule has 0 saturated heterocycles. The van der Waals surface area contributed by atoms with Crippen LogP contribution in [0.1, 0.15) is 17.3 Å². The first-order chi connectivity index (χ1) is 9.15. The van der Waals surface area contributed by atoms with Gasteiger partial charge in [0.05, 0.1) is 0 Å². The summed E-state index contributed by atoms with van der Waals surface area (Å²) in [6.07, 6.45) is 1.59. The van der Waals surface area contributed by atoms with E-state index >= 15 is 0 Å². The standard InChI is InChI=1S/C14H13N3O2/c1-10(18)11-5-4-6-12(9-11)16-14(19)17-13-7-2-3-8-15-13/h2-9H,1H3,(H2,15,16,17,19). The zero-order valence-electron chi connectivity index (χ0n) is 10.4. The summed E-state index contributed by atoms with van der Waals surface area (Å²) in [5.41, 5.74) is 1.11. The van der Waals surface area contributed by atoms with Crippen molar-refractivity contribution < 1.29 is 9.59 Å². The highest BCUT2D eigenvalue weighted by molar-refractivity contribution is 6.00. The van der Waals surface area contributed by atoms with Crippen LogP contribution in [-0.2, 0) is 0 Å². The van der Waals surface area contributed by atoms with Crippen molar-refractivity contribution in [2.45, 2.75) is 6.92 Å². The molecule has 2 amide bonds. The Morgan fingerprint density at radius 3 is 2.58 bits per heavy atom. The van der Waals surface area contributed by atoms with E-state index < -0.39 is 6.03 Å². The summed E-state index contributed by atoms with van der Waals surface area (Å²) in [6.45, 7) is 1.48. The molecule has 0 atom stereocenters. The van der Waals surface area contributed by atoms with Crippen LogP contribution in [0.15, 0.2) is 48.7 Å². The molecule has 0 fully saturated rings. The predicted octanol–water partition coefficient (Wildman–Crippen LogP) is 2.93. The van der Waals surface area contributed by atoms with Crippen LogP contribution in [-0.4, -0.2) is 16.8 Å². The van der Waals surface area contributed by atoms with Gasteiger partial charge in [-0.3, -0.25) is 10.1 Å². The third-order valence-corrected chi connectivity index (χ3v) is 2.43. The number of urea groups is 1. The maximum atomic E-state index is 11.7. The average Bonchev–Trinajstić information content (AvgIpc) is 2.40. The molecule has 0 radical (unpaired) electrons. The highest BCUT2D eigenvalue weighted by Crippen LogP contribution is 2.11. The van der Waals surface area contributed by atoms with Crippen LogP contribution in [0.2, 0.25) is 0 Å². The van der Waals surface area contributed by atoms with Gasteiger partial charge in [-0.15, -0.1) is 0 Å². The fourth-order valence-electron chi connectivity index (χ4n) is 1.53. The van der Waals surface area contributed by atoms with E-state index in [1.807, 2.05) is 0 Å². The van der Waals surface area contributed by atoms with Crippen molar-refractivity contribution in [3.63, 3.8) is 0 Å². The lowest BCUT2D eigenvalue weighted by Crippen LogP contribution is -2.20. The van der Waals surface area contributed by atoms with Gasteiger partial charge in [-0.05, 0) is 31.2 Å². The van der Waals surface area contributed by atoms with Gasteiger partial charge in [0.15, 0.2) is 5.78 Å². The summed E-state index contributed by atoms with van der Waals surface area (Å²) in [7, 11) is 0. The van der Waals surface area contributed by atoms with Crippen molar-refractivity contribution in [1.29, 1.82) is 0 Å². The van der Waals surface area contributed by atoms with Crippen molar-refractivity contribution in [2.24, 2.45) is 0 Å². The van der Waals surface area contributed by atoms with E-state index in [0.29, 0.717) is 17.1 Å². The number of ketones is 1. The second kappa shape index (κ2) is 5.77. The van der Waals surface area contributed by atoms with Crippen LogP contribution >= 0.6 is 0 Å². The van der Waals surface area contributed by atoms with Crippen LogP contribution in [0.25, 0.3) is 0 Å². The molecule has 0 spiro atoms. The van der Waals surface area contributed by atoms with E-state index in [1.165, 1.54) is 6.92 Å². The molecule has 0 aliphatic rings. The lowest BCUT2D eigenvalue weighted by Gasteiger charge is -2.07.